The molecule has 0 aliphatic rings. The second-order valence-corrected chi connectivity index (χ2v) is 4.80. The van der Waals surface area contributed by atoms with Crippen molar-refractivity contribution in [1.82, 2.24) is 4.40 Å². The molecule has 21 heavy (non-hydrogen) atoms. The zero-order valence-corrected chi connectivity index (χ0v) is 11.5. The molecule has 5 nitrogen and oxygen atoms in total. The molecule has 2 aromatic heterocycles. The van der Waals surface area contributed by atoms with Crippen LogP contribution >= 0.6 is 0 Å². The average molecular weight is 285 g/mol. The highest BCUT2D eigenvalue weighted by molar-refractivity contribution is 6.11. The highest BCUT2D eigenvalue weighted by Gasteiger charge is 2.19. The van der Waals surface area contributed by atoms with E-state index in [1.54, 1.807) is 18.3 Å². The maximum Gasteiger partial charge on any atom is 0.340 e. The molecule has 3 aromatic rings. The molecule has 0 fully saturated rings. The third-order valence-electron chi connectivity index (χ3n) is 3.61. The van der Waals surface area contributed by atoms with E-state index < -0.39 is 12.1 Å². The number of aromatic nitrogens is 1. The van der Waals surface area contributed by atoms with Crippen molar-refractivity contribution in [2.75, 3.05) is 13.7 Å². The lowest BCUT2D eigenvalue weighted by molar-refractivity contribution is 0.0605. The van der Waals surface area contributed by atoms with Gasteiger partial charge in [-0.1, -0.05) is 24.3 Å². The summed E-state index contributed by atoms with van der Waals surface area (Å²) in [6, 6.07) is 10.9. The summed E-state index contributed by atoms with van der Waals surface area (Å²) in [7, 11) is 1.35. The van der Waals surface area contributed by atoms with E-state index in [9.17, 15) is 9.90 Å². The van der Waals surface area contributed by atoms with E-state index in [2.05, 4.69) is 0 Å². The first kappa shape index (κ1) is 13.6. The SMILES string of the molecule is COC(=O)c1c2ccccc2n2cc(C(O)CO)ccc12. The topological polar surface area (TPSA) is 71.2 Å². The van der Waals surface area contributed by atoms with E-state index in [1.807, 2.05) is 28.7 Å². The number of ether oxygens (including phenoxy) is 1. The molecule has 0 radical (unpaired) electrons. The van der Waals surface area contributed by atoms with Gasteiger partial charge >= 0.3 is 5.97 Å². The summed E-state index contributed by atoms with van der Waals surface area (Å²) in [5, 5.41) is 19.6. The molecule has 1 unspecified atom stereocenters. The van der Waals surface area contributed by atoms with Gasteiger partial charge < -0.3 is 19.4 Å². The van der Waals surface area contributed by atoms with Gasteiger partial charge in [-0.3, -0.25) is 0 Å². The van der Waals surface area contributed by atoms with Crippen molar-refractivity contribution in [2.45, 2.75) is 6.10 Å². The Labute approximate surface area is 121 Å². The molecule has 0 aliphatic heterocycles. The predicted octanol–water partition coefficient (Wildman–Crippen LogP) is 1.90. The number of aliphatic hydroxyl groups excluding tert-OH is 2. The first-order valence-corrected chi connectivity index (χ1v) is 6.57. The zero-order valence-electron chi connectivity index (χ0n) is 11.5. The smallest absolute Gasteiger partial charge is 0.340 e. The average Bonchev–Trinajstić information content (AvgIpc) is 2.87. The quantitative estimate of drug-likeness (QED) is 0.721. The molecule has 5 heteroatoms. The van der Waals surface area contributed by atoms with Crippen LogP contribution in [0.2, 0.25) is 0 Å². The third kappa shape index (κ3) is 2.07. The highest BCUT2D eigenvalue weighted by Crippen LogP contribution is 2.28. The van der Waals surface area contributed by atoms with Crippen LogP contribution in [-0.4, -0.2) is 34.3 Å². The zero-order chi connectivity index (χ0) is 15.0. The minimum absolute atomic E-state index is 0.353. The van der Waals surface area contributed by atoms with E-state index >= 15 is 0 Å². The molecule has 0 saturated carbocycles. The normalized spacial score (nSPS) is 12.7. The Hall–Kier alpha value is -2.37. The van der Waals surface area contributed by atoms with Gasteiger partial charge in [0.1, 0.15) is 6.10 Å². The van der Waals surface area contributed by atoms with Gasteiger partial charge in [-0.2, -0.15) is 0 Å². The van der Waals surface area contributed by atoms with E-state index in [0.717, 1.165) is 10.9 Å². The van der Waals surface area contributed by atoms with Gasteiger partial charge in [0.05, 0.1) is 30.3 Å². The lowest BCUT2D eigenvalue weighted by Gasteiger charge is -2.08. The molecule has 2 N–H and O–H groups in total. The van der Waals surface area contributed by atoms with Gasteiger partial charge in [0, 0.05) is 11.6 Å². The Kier molecular flexibility index (Phi) is 3.37. The van der Waals surface area contributed by atoms with Gasteiger partial charge in [-0.25, -0.2) is 4.79 Å². The molecule has 0 spiro atoms. The Balaban J connectivity index is 2.37. The van der Waals surface area contributed by atoms with Gasteiger partial charge in [0.2, 0.25) is 0 Å². The number of esters is 1. The third-order valence-corrected chi connectivity index (χ3v) is 3.61. The first-order chi connectivity index (χ1) is 10.2. The molecule has 1 atom stereocenters. The first-order valence-electron chi connectivity index (χ1n) is 6.57. The van der Waals surface area contributed by atoms with E-state index in [4.69, 9.17) is 9.84 Å². The van der Waals surface area contributed by atoms with Crippen molar-refractivity contribution in [3.05, 3.63) is 53.7 Å². The molecule has 2 heterocycles. The largest absolute Gasteiger partial charge is 0.465 e. The van der Waals surface area contributed by atoms with E-state index in [1.165, 1.54) is 7.11 Å². The molecule has 0 bridgehead atoms. The maximum absolute atomic E-state index is 12.1. The molecular formula is C16H15NO4. The standard InChI is InChI=1S/C16H15NO4/c1-21-16(20)15-11-4-2-3-5-12(11)17-8-10(14(19)9-18)6-7-13(15)17/h2-8,14,18-19H,9H2,1H3. The summed E-state index contributed by atoms with van der Waals surface area (Å²) >= 11 is 0. The number of methoxy groups -OCH3 is 1. The number of rotatable bonds is 3. The number of hydrogen-bond acceptors (Lipinski definition) is 4. The molecule has 1 aromatic carbocycles. The minimum Gasteiger partial charge on any atom is -0.465 e. The van der Waals surface area contributed by atoms with Crippen molar-refractivity contribution >= 4 is 22.4 Å². The lowest BCUT2D eigenvalue weighted by Crippen LogP contribution is -2.04. The van der Waals surface area contributed by atoms with Crippen LogP contribution in [0.5, 0.6) is 0 Å². The van der Waals surface area contributed by atoms with Crippen LogP contribution < -0.4 is 0 Å². The number of pyridine rings is 1. The Bertz CT molecular complexity index is 822. The van der Waals surface area contributed by atoms with Gasteiger partial charge in [-0.15, -0.1) is 0 Å². The van der Waals surface area contributed by atoms with Crippen molar-refractivity contribution in [3.8, 4) is 0 Å². The predicted molar refractivity (Wildman–Crippen MR) is 78.3 cm³/mol. The lowest BCUT2D eigenvalue weighted by atomic mass is 10.1. The number of carbonyl (C=O) groups is 1. The number of fused-ring (bicyclic) bond motifs is 3. The fraction of sp³-hybridized carbons (Fsp3) is 0.188. The van der Waals surface area contributed by atoms with Gasteiger partial charge in [-0.05, 0) is 17.7 Å². The van der Waals surface area contributed by atoms with Crippen molar-refractivity contribution in [2.24, 2.45) is 0 Å². The van der Waals surface area contributed by atoms with Crippen LogP contribution in [0.1, 0.15) is 22.0 Å². The number of benzene rings is 1. The van der Waals surface area contributed by atoms with Crippen LogP contribution in [0.15, 0.2) is 42.6 Å². The fourth-order valence-corrected chi connectivity index (χ4v) is 2.57. The number of nitrogens with zero attached hydrogens (tertiary/aromatic N) is 1. The highest BCUT2D eigenvalue weighted by atomic mass is 16.5. The number of carbonyl (C=O) groups excluding carboxylic acids is 1. The monoisotopic (exact) mass is 285 g/mol. The Morgan fingerprint density at radius 2 is 2.00 bits per heavy atom. The van der Waals surface area contributed by atoms with Crippen LogP contribution in [0.4, 0.5) is 0 Å². The van der Waals surface area contributed by atoms with Crippen LogP contribution in [0.25, 0.3) is 16.4 Å². The second kappa shape index (κ2) is 5.20. The molecule has 0 aliphatic carbocycles. The molecule has 0 amide bonds. The van der Waals surface area contributed by atoms with Gasteiger partial charge in [0.25, 0.3) is 0 Å². The van der Waals surface area contributed by atoms with Crippen molar-refractivity contribution in [3.63, 3.8) is 0 Å². The number of hydrogen-bond donors (Lipinski definition) is 2. The summed E-state index contributed by atoms with van der Waals surface area (Å²) in [5.41, 5.74) is 2.64. The number of para-hydroxylation sites is 1. The van der Waals surface area contributed by atoms with Crippen molar-refractivity contribution < 1.29 is 19.7 Å². The number of aliphatic hydroxyl groups is 2. The molecular weight excluding hydrogens is 270 g/mol. The second-order valence-electron chi connectivity index (χ2n) is 4.80. The van der Waals surface area contributed by atoms with Gasteiger partial charge in [0.15, 0.2) is 0 Å². The fourth-order valence-electron chi connectivity index (χ4n) is 2.57. The van der Waals surface area contributed by atoms with Crippen LogP contribution in [-0.2, 0) is 4.74 Å². The summed E-state index contributed by atoms with van der Waals surface area (Å²) < 4.78 is 6.70. The van der Waals surface area contributed by atoms with E-state index in [-0.39, 0.29) is 6.61 Å². The van der Waals surface area contributed by atoms with Crippen molar-refractivity contribution in [1.29, 1.82) is 0 Å². The van der Waals surface area contributed by atoms with Crippen LogP contribution in [0.3, 0.4) is 0 Å². The maximum atomic E-state index is 12.1. The minimum atomic E-state index is -0.947. The molecule has 3 rings (SSSR count). The Morgan fingerprint density at radius 1 is 1.24 bits per heavy atom. The Morgan fingerprint density at radius 3 is 2.71 bits per heavy atom. The summed E-state index contributed by atoms with van der Waals surface area (Å²) in [4.78, 5) is 12.1. The van der Waals surface area contributed by atoms with Crippen LogP contribution in [0, 0.1) is 0 Å². The summed E-state index contributed by atoms with van der Waals surface area (Å²) in [5.74, 6) is -0.399. The summed E-state index contributed by atoms with van der Waals surface area (Å²) in [6.07, 6.45) is 0.780. The molecule has 0 saturated heterocycles. The molecule has 108 valence electrons. The van der Waals surface area contributed by atoms with E-state index in [0.29, 0.717) is 16.6 Å². The summed E-state index contributed by atoms with van der Waals surface area (Å²) in [6.45, 7) is -0.353.